The molecule has 2 aromatic rings. The Hall–Kier alpha value is -1.81. The number of hydrogen-bond donors (Lipinski definition) is 3. The molecule has 1 heterocycles. The zero-order valence-electron chi connectivity index (χ0n) is 7.57. The number of benzene rings is 1. The second-order valence-electron chi connectivity index (χ2n) is 2.99. The van der Waals surface area contributed by atoms with Crippen LogP contribution in [-0.4, -0.2) is 15.3 Å². The molecular formula is C10H11N3O. The van der Waals surface area contributed by atoms with Crippen LogP contribution in [0.5, 0.6) is 5.75 Å². The Balaban J connectivity index is 2.54. The highest BCUT2D eigenvalue weighted by Crippen LogP contribution is 2.28. The fraction of sp³-hybridized carbons (Fsp3) is 0.100. The number of para-hydroxylation sites is 1. The lowest BCUT2D eigenvalue weighted by atomic mass is 10.1. The number of aromatic nitrogens is 2. The van der Waals surface area contributed by atoms with E-state index in [2.05, 4.69) is 10.2 Å². The first-order valence-electron chi connectivity index (χ1n) is 4.33. The van der Waals surface area contributed by atoms with Crippen LogP contribution in [0.4, 0.5) is 0 Å². The van der Waals surface area contributed by atoms with Crippen LogP contribution >= 0.6 is 0 Å². The monoisotopic (exact) mass is 189 g/mol. The van der Waals surface area contributed by atoms with Gasteiger partial charge in [0.1, 0.15) is 5.75 Å². The molecule has 0 saturated carbocycles. The molecule has 2 rings (SSSR count). The predicted molar refractivity (Wildman–Crippen MR) is 53.6 cm³/mol. The molecule has 0 aliphatic heterocycles. The number of aromatic amines is 1. The summed E-state index contributed by atoms with van der Waals surface area (Å²) in [5.74, 6) is 0.228. The number of nitrogens with two attached hydrogens (primary N) is 1. The second-order valence-corrected chi connectivity index (χ2v) is 2.99. The van der Waals surface area contributed by atoms with Gasteiger partial charge in [0, 0.05) is 17.7 Å². The third-order valence-corrected chi connectivity index (χ3v) is 2.11. The standard InChI is InChI=1S/C10H11N3O/c11-5-7-6-12-13-10(7)8-3-1-2-4-9(8)14/h1-4,6,14H,5,11H2,(H,12,13). The van der Waals surface area contributed by atoms with Crippen molar-refractivity contribution in [3.05, 3.63) is 36.0 Å². The molecule has 14 heavy (non-hydrogen) atoms. The van der Waals surface area contributed by atoms with Crippen LogP contribution in [0.2, 0.25) is 0 Å². The number of phenolic OH excluding ortho intramolecular Hbond substituents is 1. The second kappa shape index (κ2) is 3.51. The maximum atomic E-state index is 9.61. The van der Waals surface area contributed by atoms with E-state index >= 15 is 0 Å². The first kappa shape index (κ1) is 8.77. The maximum Gasteiger partial charge on any atom is 0.124 e. The predicted octanol–water partition coefficient (Wildman–Crippen LogP) is 1.24. The van der Waals surface area contributed by atoms with E-state index in [1.807, 2.05) is 12.1 Å². The van der Waals surface area contributed by atoms with Gasteiger partial charge in [0.15, 0.2) is 0 Å². The third kappa shape index (κ3) is 1.36. The molecule has 0 atom stereocenters. The average molecular weight is 189 g/mol. The number of nitrogens with zero attached hydrogens (tertiary/aromatic N) is 1. The summed E-state index contributed by atoms with van der Waals surface area (Å²) in [5.41, 5.74) is 7.95. The molecule has 4 nitrogen and oxygen atoms in total. The highest BCUT2D eigenvalue weighted by molar-refractivity contribution is 5.69. The first-order valence-corrected chi connectivity index (χ1v) is 4.33. The van der Waals surface area contributed by atoms with E-state index in [0.29, 0.717) is 6.54 Å². The smallest absolute Gasteiger partial charge is 0.124 e. The van der Waals surface area contributed by atoms with E-state index in [0.717, 1.165) is 16.8 Å². The maximum absolute atomic E-state index is 9.61. The van der Waals surface area contributed by atoms with Crippen molar-refractivity contribution >= 4 is 0 Å². The van der Waals surface area contributed by atoms with Gasteiger partial charge < -0.3 is 10.8 Å². The number of phenols is 1. The van der Waals surface area contributed by atoms with Gasteiger partial charge in [0.05, 0.1) is 11.9 Å². The minimum Gasteiger partial charge on any atom is -0.507 e. The van der Waals surface area contributed by atoms with Crippen molar-refractivity contribution in [3.63, 3.8) is 0 Å². The molecule has 0 saturated heterocycles. The molecule has 0 radical (unpaired) electrons. The Bertz CT molecular complexity index is 436. The van der Waals surface area contributed by atoms with Crippen molar-refractivity contribution in [2.75, 3.05) is 0 Å². The Morgan fingerprint density at radius 3 is 2.86 bits per heavy atom. The highest BCUT2D eigenvalue weighted by atomic mass is 16.3. The van der Waals surface area contributed by atoms with Gasteiger partial charge in [-0.05, 0) is 12.1 Å². The summed E-state index contributed by atoms with van der Waals surface area (Å²) in [6, 6.07) is 7.09. The van der Waals surface area contributed by atoms with Gasteiger partial charge in [-0.15, -0.1) is 0 Å². The van der Waals surface area contributed by atoms with Crippen molar-refractivity contribution < 1.29 is 5.11 Å². The average Bonchev–Trinajstić information content (AvgIpc) is 2.66. The number of aromatic hydroxyl groups is 1. The number of nitrogens with one attached hydrogen (secondary N) is 1. The number of H-pyrrole nitrogens is 1. The van der Waals surface area contributed by atoms with E-state index in [4.69, 9.17) is 5.73 Å². The lowest BCUT2D eigenvalue weighted by Gasteiger charge is -2.03. The Kier molecular flexibility index (Phi) is 2.20. The third-order valence-electron chi connectivity index (χ3n) is 2.11. The SMILES string of the molecule is NCc1cn[nH]c1-c1ccccc1O. The molecule has 4 heteroatoms. The van der Waals surface area contributed by atoms with Crippen LogP contribution in [0.15, 0.2) is 30.5 Å². The lowest BCUT2D eigenvalue weighted by molar-refractivity contribution is 0.477. The lowest BCUT2D eigenvalue weighted by Crippen LogP contribution is -1.96. The van der Waals surface area contributed by atoms with Crippen LogP contribution in [0.25, 0.3) is 11.3 Å². The largest absolute Gasteiger partial charge is 0.507 e. The summed E-state index contributed by atoms with van der Waals surface area (Å²) in [6.45, 7) is 0.403. The fourth-order valence-electron chi connectivity index (χ4n) is 1.38. The summed E-state index contributed by atoms with van der Waals surface area (Å²) in [7, 11) is 0. The van der Waals surface area contributed by atoms with Gasteiger partial charge in [-0.25, -0.2) is 0 Å². The fourth-order valence-corrected chi connectivity index (χ4v) is 1.38. The first-order chi connectivity index (χ1) is 6.83. The van der Waals surface area contributed by atoms with Gasteiger partial charge in [0.25, 0.3) is 0 Å². The van der Waals surface area contributed by atoms with E-state index in [-0.39, 0.29) is 5.75 Å². The highest BCUT2D eigenvalue weighted by Gasteiger charge is 2.09. The van der Waals surface area contributed by atoms with Crippen LogP contribution in [0.1, 0.15) is 5.56 Å². The summed E-state index contributed by atoms with van der Waals surface area (Å²) in [5, 5.41) is 16.3. The molecule has 0 amide bonds. The molecule has 4 N–H and O–H groups in total. The van der Waals surface area contributed by atoms with Gasteiger partial charge in [0.2, 0.25) is 0 Å². The summed E-state index contributed by atoms with van der Waals surface area (Å²) >= 11 is 0. The molecule has 0 spiro atoms. The van der Waals surface area contributed by atoms with Crippen molar-refractivity contribution in [1.29, 1.82) is 0 Å². The summed E-state index contributed by atoms with van der Waals surface area (Å²) in [6.07, 6.45) is 1.67. The zero-order chi connectivity index (χ0) is 9.97. The van der Waals surface area contributed by atoms with Gasteiger partial charge >= 0.3 is 0 Å². The van der Waals surface area contributed by atoms with Crippen molar-refractivity contribution in [3.8, 4) is 17.0 Å². The van der Waals surface area contributed by atoms with Crippen molar-refractivity contribution in [1.82, 2.24) is 10.2 Å². The van der Waals surface area contributed by atoms with E-state index in [9.17, 15) is 5.11 Å². The van der Waals surface area contributed by atoms with Crippen LogP contribution < -0.4 is 5.73 Å². The molecule has 0 bridgehead atoms. The Labute approximate surface area is 81.4 Å². The quantitative estimate of drug-likeness (QED) is 0.665. The molecule has 72 valence electrons. The van der Waals surface area contributed by atoms with Crippen molar-refractivity contribution in [2.24, 2.45) is 5.73 Å². The van der Waals surface area contributed by atoms with E-state index in [1.165, 1.54) is 0 Å². The van der Waals surface area contributed by atoms with Gasteiger partial charge in [-0.1, -0.05) is 12.1 Å². The summed E-state index contributed by atoms with van der Waals surface area (Å²) in [4.78, 5) is 0. The number of rotatable bonds is 2. The molecular weight excluding hydrogens is 178 g/mol. The van der Waals surface area contributed by atoms with Crippen molar-refractivity contribution in [2.45, 2.75) is 6.54 Å². The van der Waals surface area contributed by atoms with Crippen LogP contribution in [0, 0.1) is 0 Å². The molecule has 0 unspecified atom stereocenters. The topological polar surface area (TPSA) is 74.9 Å². The van der Waals surface area contributed by atoms with Crippen LogP contribution in [0.3, 0.4) is 0 Å². The Morgan fingerprint density at radius 2 is 2.14 bits per heavy atom. The normalized spacial score (nSPS) is 10.4. The molecule has 1 aromatic heterocycles. The summed E-state index contributed by atoms with van der Waals surface area (Å²) < 4.78 is 0. The minimum absolute atomic E-state index is 0.228. The van der Waals surface area contributed by atoms with E-state index in [1.54, 1.807) is 18.3 Å². The Morgan fingerprint density at radius 1 is 1.36 bits per heavy atom. The minimum atomic E-state index is 0.228. The van der Waals surface area contributed by atoms with Gasteiger partial charge in [-0.2, -0.15) is 5.10 Å². The van der Waals surface area contributed by atoms with Gasteiger partial charge in [-0.3, -0.25) is 5.10 Å². The molecule has 0 fully saturated rings. The van der Waals surface area contributed by atoms with E-state index < -0.39 is 0 Å². The zero-order valence-corrected chi connectivity index (χ0v) is 7.57. The molecule has 0 aliphatic rings. The number of hydrogen-bond acceptors (Lipinski definition) is 3. The van der Waals surface area contributed by atoms with Crippen LogP contribution in [-0.2, 0) is 6.54 Å². The molecule has 1 aromatic carbocycles. The molecule has 0 aliphatic carbocycles.